The number of aryl methyl sites for hydroxylation is 1. The van der Waals surface area contributed by atoms with Crippen molar-refractivity contribution in [2.75, 3.05) is 13.7 Å². The Morgan fingerprint density at radius 1 is 1.19 bits per heavy atom. The minimum absolute atomic E-state index is 0.703. The Hall–Kier alpha value is -2.31. The Bertz CT molecular complexity index is 644. The van der Waals surface area contributed by atoms with E-state index in [1.165, 1.54) is 11.1 Å². The second-order valence-corrected chi connectivity index (χ2v) is 5.05. The molecule has 0 aliphatic heterocycles. The van der Waals surface area contributed by atoms with Crippen molar-refractivity contribution in [1.29, 1.82) is 5.26 Å². The number of hydrogen-bond donors (Lipinski definition) is 1. The zero-order chi connectivity index (χ0) is 15.1. The first-order valence-electron chi connectivity index (χ1n) is 7.06. The Morgan fingerprint density at radius 3 is 2.81 bits per heavy atom. The second kappa shape index (κ2) is 7.47. The average molecular weight is 280 g/mol. The number of nitrogens with one attached hydrogen (secondary N) is 1. The van der Waals surface area contributed by atoms with Crippen molar-refractivity contribution >= 4 is 0 Å². The number of methoxy groups -OCH3 is 1. The van der Waals surface area contributed by atoms with Crippen LogP contribution in [0.4, 0.5) is 0 Å². The van der Waals surface area contributed by atoms with Crippen LogP contribution in [-0.4, -0.2) is 13.7 Å². The molecule has 2 aromatic rings. The maximum atomic E-state index is 8.88. The molecule has 0 fully saturated rings. The molecule has 3 heteroatoms. The van der Waals surface area contributed by atoms with Gasteiger partial charge in [0, 0.05) is 6.54 Å². The molecule has 1 N–H and O–H groups in total. The third-order valence-corrected chi connectivity index (χ3v) is 3.39. The maximum absolute atomic E-state index is 8.88. The van der Waals surface area contributed by atoms with Crippen molar-refractivity contribution in [3.8, 4) is 11.8 Å². The van der Waals surface area contributed by atoms with E-state index in [1.807, 2.05) is 30.3 Å². The van der Waals surface area contributed by atoms with Crippen LogP contribution in [0.5, 0.6) is 5.75 Å². The summed E-state index contributed by atoms with van der Waals surface area (Å²) in [4.78, 5) is 0. The predicted octanol–water partition coefficient (Wildman–Crippen LogP) is 3.21. The van der Waals surface area contributed by atoms with E-state index < -0.39 is 0 Å². The van der Waals surface area contributed by atoms with Gasteiger partial charge in [0.2, 0.25) is 0 Å². The number of hydrogen-bond acceptors (Lipinski definition) is 3. The van der Waals surface area contributed by atoms with Gasteiger partial charge in [-0.2, -0.15) is 5.26 Å². The molecule has 3 nitrogen and oxygen atoms in total. The molecule has 0 radical (unpaired) electrons. The monoisotopic (exact) mass is 280 g/mol. The first-order chi connectivity index (χ1) is 10.2. The highest BCUT2D eigenvalue weighted by Crippen LogP contribution is 2.19. The molecule has 0 aliphatic carbocycles. The summed E-state index contributed by atoms with van der Waals surface area (Å²) >= 11 is 0. The topological polar surface area (TPSA) is 45.0 Å². The first-order valence-corrected chi connectivity index (χ1v) is 7.06. The molecule has 2 aromatic carbocycles. The molecule has 0 spiro atoms. The van der Waals surface area contributed by atoms with Crippen LogP contribution in [0.3, 0.4) is 0 Å². The van der Waals surface area contributed by atoms with Crippen molar-refractivity contribution in [3.05, 3.63) is 64.7 Å². The zero-order valence-electron chi connectivity index (χ0n) is 12.5. The zero-order valence-corrected chi connectivity index (χ0v) is 12.5. The van der Waals surface area contributed by atoms with Gasteiger partial charge in [-0.1, -0.05) is 29.8 Å². The van der Waals surface area contributed by atoms with Crippen molar-refractivity contribution < 1.29 is 4.74 Å². The van der Waals surface area contributed by atoms with E-state index in [0.717, 1.165) is 30.8 Å². The van der Waals surface area contributed by atoms with Crippen LogP contribution in [0.2, 0.25) is 0 Å². The molecule has 0 amide bonds. The summed E-state index contributed by atoms with van der Waals surface area (Å²) in [6.45, 7) is 3.73. The lowest BCUT2D eigenvalue weighted by atomic mass is 10.1. The number of ether oxygens (including phenoxy) is 1. The van der Waals surface area contributed by atoms with Crippen molar-refractivity contribution in [2.45, 2.75) is 19.9 Å². The lowest BCUT2D eigenvalue weighted by molar-refractivity contribution is 0.409. The number of benzene rings is 2. The molecule has 0 aliphatic rings. The summed E-state index contributed by atoms with van der Waals surface area (Å²) in [5, 5.41) is 12.3. The van der Waals surface area contributed by atoms with Gasteiger partial charge in [0.15, 0.2) is 0 Å². The molecule has 0 saturated heterocycles. The summed E-state index contributed by atoms with van der Waals surface area (Å²) in [6.07, 6.45) is 0.919. The molecule has 0 saturated carbocycles. The van der Waals surface area contributed by atoms with E-state index in [-0.39, 0.29) is 0 Å². The van der Waals surface area contributed by atoms with E-state index in [4.69, 9.17) is 10.00 Å². The van der Waals surface area contributed by atoms with Crippen molar-refractivity contribution in [3.63, 3.8) is 0 Å². The Balaban J connectivity index is 1.87. The van der Waals surface area contributed by atoms with Gasteiger partial charge in [-0.25, -0.2) is 0 Å². The molecule has 0 atom stereocenters. The Labute approximate surface area is 126 Å². The second-order valence-electron chi connectivity index (χ2n) is 5.05. The molecule has 0 heterocycles. The molecule has 2 rings (SSSR count). The molecule has 108 valence electrons. The van der Waals surface area contributed by atoms with Crippen LogP contribution in [0.25, 0.3) is 0 Å². The van der Waals surface area contributed by atoms with Crippen molar-refractivity contribution in [2.24, 2.45) is 0 Å². The molecule has 0 aromatic heterocycles. The molecule has 0 bridgehead atoms. The fourth-order valence-corrected chi connectivity index (χ4v) is 2.31. The van der Waals surface area contributed by atoms with E-state index >= 15 is 0 Å². The third-order valence-electron chi connectivity index (χ3n) is 3.39. The van der Waals surface area contributed by atoms with Gasteiger partial charge in [-0.15, -0.1) is 0 Å². The Morgan fingerprint density at radius 2 is 2.05 bits per heavy atom. The molecule has 21 heavy (non-hydrogen) atoms. The highest BCUT2D eigenvalue weighted by atomic mass is 16.5. The van der Waals surface area contributed by atoms with Crippen LogP contribution in [0.1, 0.15) is 22.3 Å². The SMILES string of the molecule is COc1ccc(C)cc1CCNCc1cccc(C#N)c1. The van der Waals surface area contributed by atoms with Crippen LogP contribution < -0.4 is 10.1 Å². The number of nitriles is 1. The van der Waals surface area contributed by atoms with Gasteiger partial charge < -0.3 is 10.1 Å². The minimum Gasteiger partial charge on any atom is -0.496 e. The smallest absolute Gasteiger partial charge is 0.122 e. The predicted molar refractivity (Wildman–Crippen MR) is 84.3 cm³/mol. The summed E-state index contributed by atoms with van der Waals surface area (Å²) in [5.74, 6) is 0.939. The average Bonchev–Trinajstić information content (AvgIpc) is 2.52. The largest absolute Gasteiger partial charge is 0.496 e. The van der Waals surface area contributed by atoms with Crippen LogP contribution >= 0.6 is 0 Å². The van der Waals surface area contributed by atoms with Crippen LogP contribution in [0, 0.1) is 18.3 Å². The minimum atomic E-state index is 0.703. The maximum Gasteiger partial charge on any atom is 0.122 e. The van der Waals surface area contributed by atoms with E-state index in [1.54, 1.807) is 7.11 Å². The van der Waals surface area contributed by atoms with Gasteiger partial charge in [-0.3, -0.25) is 0 Å². The summed E-state index contributed by atoms with van der Waals surface area (Å²) in [6, 6.07) is 16.1. The Kier molecular flexibility index (Phi) is 5.36. The van der Waals surface area contributed by atoms with E-state index in [0.29, 0.717) is 5.56 Å². The van der Waals surface area contributed by atoms with Gasteiger partial charge in [0.25, 0.3) is 0 Å². The van der Waals surface area contributed by atoms with Gasteiger partial charge >= 0.3 is 0 Å². The first kappa shape index (κ1) is 15.1. The lowest BCUT2D eigenvalue weighted by Crippen LogP contribution is -2.17. The van der Waals surface area contributed by atoms with Gasteiger partial charge in [-0.05, 0) is 49.2 Å². The van der Waals surface area contributed by atoms with Gasteiger partial charge in [0.1, 0.15) is 5.75 Å². The lowest BCUT2D eigenvalue weighted by Gasteiger charge is -2.10. The third kappa shape index (κ3) is 4.34. The standard InChI is InChI=1S/C18H20N2O/c1-14-6-7-18(21-2)17(10-14)8-9-20-13-16-5-3-4-15(11-16)12-19/h3-7,10-11,20H,8-9,13H2,1-2H3. The highest BCUT2D eigenvalue weighted by Gasteiger charge is 2.03. The van der Waals surface area contributed by atoms with Crippen LogP contribution in [-0.2, 0) is 13.0 Å². The van der Waals surface area contributed by atoms with Gasteiger partial charge in [0.05, 0.1) is 18.7 Å². The summed E-state index contributed by atoms with van der Waals surface area (Å²) in [7, 11) is 1.70. The van der Waals surface area contributed by atoms with Crippen LogP contribution in [0.15, 0.2) is 42.5 Å². The molecular weight excluding hydrogens is 260 g/mol. The van der Waals surface area contributed by atoms with Crippen molar-refractivity contribution in [1.82, 2.24) is 5.32 Å². The highest BCUT2D eigenvalue weighted by molar-refractivity contribution is 5.37. The molecular formula is C18H20N2O. The van der Waals surface area contributed by atoms with E-state index in [9.17, 15) is 0 Å². The van der Waals surface area contributed by atoms with E-state index in [2.05, 4.69) is 30.4 Å². The summed E-state index contributed by atoms with van der Waals surface area (Å²) < 4.78 is 5.38. The summed E-state index contributed by atoms with van der Waals surface area (Å²) in [5.41, 5.74) is 4.29. The molecule has 0 unspecified atom stereocenters. The fourth-order valence-electron chi connectivity index (χ4n) is 2.31. The quantitative estimate of drug-likeness (QED) is 0.826. The normalized spacial score (nSPS) is 10.1. The number of nitrogens with zero attached hydrogens (tertiary/aromatic N) is 1. The number of rotatable bonds is 6. The fraction of sp³-hybridized carbons (Fsp3) is 0.278.